The number of sulfonamides is 1. The van der Waals surface area contributed by atoms with Crippen LogP contribution in [0, 0.1) is 11.3 Å². The number of nitriles is 1. The summed E-state index contributed by atoms with van der Waals surface area (Å²) in [6, 6.07) is 2.23. The lowest BCUT2D eigenvalue weighted by molar-refractivity contribution is -0.116. The van der Waals surface area contributed by atoms with Gasteiger partial charge in [-0.05, 0) is 24.8 Å². The molecule has 1 aromatic rings. The van der Waals surface area contributed by atoms with E-state index in [-0.39, 0.29) is 5.91 Å². The van der Waals surface area contributed by atoms with Gasteiger partial charge in [-0.25, -0.2) is 8.42 Å². The van der Waals surface area contributed by atoms with Gasteiger partial charge in [0, 0.05) is 44.0 Å². The molecule has 9 heteroatoms. The average molecular weight is 383 g/mol. The van der Waals surface area contributed by atoms with E-state index in [0.29, 0.717) is 49.7 Å². The van der Waals surface area contributed by atoms with Crippen LogP contribution in [0.5, 0.6) is 0 Å². The summed E-state index contributed by atoms with van der Waals surface area (Å²) in [7, 11) is -3.13. The lowest BCUT2D eigenvalue weighted by atomic mass is 10.1. The summed E-state index contributed by atoms with van der Waals surface area (Å²) in [6.45, 7) is 2.80. The number of thiophene rings is 1. The Morgan fingerprint density at radius 2 is 2.00 bits per heavy atom. The Labute approximate surface area is 152 Å². The van der Waals surface area contributed by atoms with E-state index < -0.39 is 10.0 Å². The minimum absolute atomic E-state index is 0.0954. The zero-order valence-corrected chi connectivity index (χ0v) is 15.9. The Bertz CT molecular complexity index is 802. The molecule has 1 N–H and O–H groups in total. The quantitative estimate of drug-likeness (QED) is 0.820. The van der Waals surface area contributed by atoms with E-state index in [1.54, 1.807) is 0 Å². The molecule has 136 valence electrons. The van der Waals surface area contributed by atoms with E-state index in [1.807, 2.05) is 0 Å². The third kappa shape index (κ3) is 4.20. The van der Waals surface area contributed by atoms with Crippen LogP contribution in [0.1, 0.15) is 28.8 Å². The SMILES string of the molecule is CS(=O)(=O)N1CCN(CCC(=O)Nc2sc3c(c2C#N)CCC3)CC1. The summed E-state index contributed by atoms with van der Waals surface area (Å²) < 4.78 is 24.5. The Morgan fingerprint density at radius 3 is 2.64 bits per heavy atom. The van der Waals surface area contributed by atoms with Gasteiger partial charge in [0.25, 0.3) is 0 Å². The maximum atomic E-state index is 12.2. The zero-order valence-electron chi connectivity index (χ0n) is 14.2. The molecule has 1 fully saturated rings. The smallest absolute Gasteiger partial charge is 0.226 e. The van der Waals surface area contributed by atoms with Crippen LogP contribution >= 0.6 is 11.3 Å². The third-order valence-corrected chi connectivity index (χ3v) is 7.25. The molecule has 0 spiro atoms. The summed E-state index contributed by atoms with van der Waals surface area (Å²) in [5.41, 5.74) is 1.74. The van der Waals surface area contributed by atoms with Crippen LogP contribution in [0.25, 0.3) is 0 Å². The van der Waals surface area contributed by atoms with E-state index in [4.69, 9.17) is 0 Å². The van der Waals surface area contributed by atoms with Gasteiger partial charge < -0.3 is 10.2 Å². The first kappa shape index (κ1) is 18.3. The van der Waals surface area contributed by atoms with E-state index in [0.717, 1.165) is 24.8 Å². The normalized spacial score (nSPS) is 18.7. The summed E-state index contributed by atoms with van der Waals surface area (Å²) in [4.78, 5) is 15.6. The molecule has 0 unspecified atom stereocenters. The first-order valence-electron chi connectivity index (χ1n) is 8.40. The van der Waals surface area contributed by atoms with Crippen molar-refractivity contribution in [1.82, 2.24) is 9.21 Å². The predicted molar refractivity (Wildman–Crippen MR) is 97.2 cm³/mol. The number of nitrogens with zero attached hydrogens (tertiary/aromatic N) is 3. The zero-order chi connectivity index (χ0) is 18.0. The van der Waals surface area contributed by atoms with Gasteiger partial charge in [-0.15, -0.1) is 11.3 Å². The number of nitrogens with one attached hydrogen (secondary N) is 1. The fourth-order valence-electron chi connectivity index (χ4n) is 3.34. The molecule has 0 aromatic carbocycles. The molecule has 0 bridgehead atoms. The van der Waals surface area contributed by atoms with Crippen LogP contribution in [0.2, 0.25) is 0 Å². The van der Waals surface area contributed by atoms with Gasteiger partial charge in [0.15, 0.2) is 0 Å². The predicted octanol–water partition coefficient (Wildman–Crippen LogP) is 1.01. The Morgan fingerprint density at radius 1 is 1.28 bits per heavy atom. The molecule has 25 heavy (non-hydrogen) atoms. The molecule has 1 amide bonds. The second kappa shape index (κ2) is 7.41. The van der Waals surface area contributed by atoms with Crippen molar-refractivity contribution in [3.63, 3.8) is 0 Å². The van der Waals surface area contributed by atoms with Gasteiger partial charge in [-0.1, -0.05) is 0 Å². The number of carbonyl (C=O) groups is 1. The number of aryl methyl sites for hydroxylation is 1. The van der Waals surface area contributed by atoms with Crippen LogP contribution in [0.3, 0.4) is 0 Å². The van der Waals surface area contributed by atoms with E-state index >= 15 is 0 Å². The minimum Gasteiger partial charge on any atom is -0.317 e. The number of rotatable bonds is 5. The van der Waals surface area contributed by atoms with Gasteiger partial charge in [-0.2, -0.15) is 9.57 Å². The summed E-state index contributed by atoms with van der Waals surface area (Å²) >= 11 is 1.52. The van der Waals surface area contributed by atoms with Gasteiger partial charge in [-0.3, -0.25) is 4.79 Å². The van der Waals surface area contributed by atoms with Crippen molar-refractivity contribution in [3.05, 3.63) is 16.0 Å². The average Bonchev–Trinajstić information content (AvgIpc) is 3.13. The molecule has 1 aliphatic carbocycles. The first-order chi connectivity index (χ1) is 11.9. The van der Waals surface area contributed by atoms with Crippen molar-refractivity contribution in [2.75, 3.05) is 44.3 Å². The number of fused-ring (bicyclic) bond motifs is 1. The summed E-state index contributed by atoms with van der Waals surface area (Å²) in [6.07, 6.45) is 4.57. The monoisotopic (exact) mass is 382 g/mol. The standard InChI is InChI=1S/C16H22N4O3S2/c1-25(22,23)20-9-7-19(8-10-20)6-5-15(21)18-16-13(11-17)12-3-2-4-14(12)24-16/h2-10H2,1H3,(H,18,21). The largest absolute Gasteiger partial charge is 0.317 e. The lowest BCUT2D eigenvalue weighted by Crippen LogP contribution is -2.48. The lowest BCUT2D eigenvalue weighted by Gasteiger charge is -2.32. The van der Waals surface area contributed by atoms with Crippen LogP contribution in [0.15, 0.2) is 0 Å². The highest BCUT2D eigenvalue weighted by molar-refractivity contribution is 7.88. The highest BCUT2D eigenvalue weighted by atomic mass is 32.2. The number of piperazine rings is 1. The van der Waals surface area contributed by atoms with Crippen LogP contribution in [-0.4, -0.2) is 62.5 Å². The maximum Gasteiger partial charge on any atom is 0.226 e. The van der Waals surface area contributed by atoms with Crippen molar-refractivity contribution in [2.24, 2.45) is 0 Å². The molecule has 0 saturated carbocycles. The van der Waals surface area contributed by atoms with Gasteiger partial charge in [0.05, 0.1) is 11.8 Å². The number of amides is 1. The topological polar surface area (TPSA) is 93.5 Å². The van der Waals surface area contributed by atoms with E-state index in [1.165, 1.54) is 26.8 Å². The Balaban J connectivity index is 1.49. The highest BCUT2D eigenvalue weighted by Gasteiger charge is 2.25. The second-order valence-electron chi connectivity index (χ2n) is 6.48. The van der Waals surface area contributed by atoms with Crippen molar-refractivity contribution in [3.8, 4) is 6.07 Å². The second-order valence-corrected chi connectivity index (χ2v) is 9.56. The van der Waals surface area contributed by atoms with Crippen LogP contribution in [-0.2, 0) is 27.7 Å². The number of hydrogen-bond donors (Lipinski definition) is 1. The van der Waals surface area contributed by atoms with Crippen molar-refractivity contribution in [2.45, 2.75) is 25.7 Å². The Hall–Kier alpha value is -1.47. The Kier molecular flexibility index (Phi) is 5.43. The molecular weight excluding hydrogens is 360 g/mol. The van der Waals surface area contributed by atoms with Crippen LogP contribution in [0.4, 0.5) is 5.00 Å². The fourth-order valence-corrected chi connectivity index (χ4v) is 5.43. The van der Waals surface area contributed by atoms with Crippen molar-refractivity contribution >= 4 is 32.3 Å². The molecule has 0 atom stereocenters. The fraction of sp³-hybridized carbons (Fsp3) is 0.625. The first-order valence-corrected chi connectivity index (χ1v) is 11.1. The van der Waals surface area contributed by atoms with E-state index in [2.05, 4.69) is 16.3 Å². The highest BCUT2D eigenvalue weighted by Crippen LogP contribution is 2.38. The molecule has 0 radical (unpaired) electrons. The van der Waals surface area contributed by atoms with Gasteiger partial charge in [0.1, 0.15) is 11.1 Å². The molecular formula is C16H22N4O3S2. The van der Waals surface area contributed by atoms with Crippen molar-refractivity contribution < 1.29 is 13.2 Å². The molecule has 2 heterocycles. The van der Waals surface area contributed by atoms with Crippen LogP contribution < -0.4 is 5.32 Å². The molecule has 2 aliphatic rings. The summed E-state index contributed by atoms with van der Waals surface area (Å²) in [5, 5.41) is 12.9. The van der Waals surface area contributed by atoms with Gasteiger partial charge in [0.2, 0.25) is 15.9 Å². The maximum absolute atomic E-state index is 12.2. The number of hydrogen-bond acceptors (Lipinski definition) is 6. The molecule has 7 nitrogen and oxygen atoms in total. The molecule has 3 rings (SSSR count). The molecule has 1 saturated heterocycles. The third-order valence-electron chi connectivity index (χ3n) is 4.74. The molecule has 1 aromatic heterocycles. The minimum atomic E-state index is -3.13. The van der Waals surface area contributed by atoms with E-state index in [9.17, 15) is 18.5 Å². The molecule has 1 aliphatic heterocycles. The number of carbonyl (C=O) groups excluding carboxylic acids is 1. The van der Waals surface area contributed by atoms with Crippen molar-refractivity contribution in [1.29, 1.82) is 5.26 Å². The number of anilines is 1. The summed E-state index contributed by atoms with van der Waals surface area (Å²) in [5.74, 6) is -0.0954. The van der Waals surface area contributed by atoms with Gasteiger partial charge >= 0.3 is 0 Å².